The van der Waals surface area contributed by atoms with E-state index in [1.54, 1.807) is 0 Å². The zero-order valence-electron chi connectivity index (χ0n) is 15.8. The summed E-state index contributed by atoms with van der Waals surface area (Å²) in [5.74, 6) is -0.285. The summed E-state index contributed by atoms with van der Waals surface area (Å²) in [5, 5.41) is 12.1. The quantitative estimate of drug-likeness (QED) is 0.726. The van der Waals surface area contributed by atoms with E-state index in [2.05, 4.69) is 14.9 Å². The van der Waals surface area contributed by atoms with Crippen molar-refractivity contribution in [1.82, 2.24) is 14.9 Å². The maximum Gasteiger partial charge on any atom is 0.306 e. The largest absolute Gasteiger partial charge is 0.481 e. The zero-order valence-corrected chi connectivity index (χ0v) is 15.8. The molecule has 1 aromatic heterocycles. The van der Waals surface area contributed by atoms with E-state index in [0.717, 1.165) is 22.5 Å². The standard InChI is InChI=1S/C22H23N3O3/c1-14-23-19-13-16(9-12-20(19)25(14)18-5-3-2-4-6-18)21(26)24-17-10-7-15(8-11-17)22(27)28/h2-6,9,12-13,15,17H,7-8,10-11H2,1H3,(H,24,26)(H,27,28). The predicted octanol–water partition coefficient (Wildman–Crippen LogP) is 3.71. The topological polar surface area (TPSA) is 84.2 Å². The van der Waals surface area contributed by atoms with Gasteiger partial charge in [0.2, 0.25) is 0 Å². The van der Waals surface area contributed by atoms with Crippen LogP contribution in [0.4, 0.5) is 0 Å². The van der Waals surface area contributed by atoms with Crippen molar-refractivity contribution in [2.45, 2.75) is 38.6 Å². The third-order valence-corrected chi connectivity index (χ3v) is 5.51. The van der Waals surface area contributed by atoms with Crippen LogP contribution in [-0.4, -0.2) is 32.6 Å². The molecule has 28 heavy (non-hydrogen) atoms. The number of carboxylic acids is 1. The molecule has 4 rings (SSSR count). The van der Waals surface area contributed by atoms with Crippen LogP contribution in [0.5, 0.6) is 0 Å². The van der Waals surface area contributed by atoms with Gasteiger partial charge >= 0.3 is 5.97 Å². The Balaban J connectivity index is 1.52. The number of amides is 1. The lowest BCUT2D eigenvalue weighted by molar-refractivity contribution is -0.142. The fourth-order valence-electron chi connectivity index (χ4n) is 4.00. The number of nitrogens with zero attached hydrogens (tertiary/aromatic N) is 2. The smallest absolute Gasteiger partial charge is 0.306 e. The molecule has 1 aliphatic carbocycles. The van der Waals surface area contributed by atoms with Crippen LogP contribution in [0.3, 0.4) is 0 Å². The molecule has 0 saturated heterocycles. The van der Waals surface area contributed by atoms with E-state index < -0.39 is 5.97 Å². The van der Waals surface area contributed by atoms with E-state index in [4.69, 9.17) is 5.11 Å². The second-order valence-electron chi connectivity index (χ2n) is 7.39. The molecule has 1 amide bonds. The van der Waals surface area contributed by atoms with Gasteiger partial charge in [0.15, 0.2) is 0 Å². The van der Waals surface area contributed by atoms with Crippen LogP contribution in [0.1, 0.15) is 41.9 Å². The van der Waals surface area contributed by atoms with Gasteiger partial charge in [0.25, 0.3) is 5.91 Å². The summed E-state index contributed by atoms with van der Waals surface area (Å²) in [7, 11) is 0. The van der Waals surface area contributed by atoms with E-state index in [9.17, 15) is 9.59 Å². The summed E-state index contributed by atoms with van der Waals surface area (Å²) in [6.07, 6.45) is 2.62. The average Bonchev–Trinajstić information content (AvgIpc) is 3.03. The molecule has 144 valence electrons. The average molecular weight is 377 g/mol. The molecule has 3 aromatic rings. The summed E-state index contributed by atoms with van der Waals surface area (Å²) in [6, 6.07) is 15.6. The molecule has 2 aromatic carbocycles. The van der Waals surface area contributed by atoms with Crippen LogP contribution in [-0.2, 0) is 4.79 Å². The Morgan fingerprint density at radius 1 is 1.07 bits per heavy atom. The molecule has 0 atom stereocenters. The number of carbonyl (C=O) groups is 2. The number of nitrogens with one attached hydrogen (secondary N) is 1. The first-order valence-electron chi connectivity index (χ1n) is 9.61. The minimum Gasteiger partial charge on any atom is -0.481 e. The number of benzene rings is 2. The highest BCUT2D eigenvalue weighted by Gasteiger charge is 2.27. The minimum atomic E-state index is -0.736. The number of rotatable bonds is 4. The monoisotopic (exact) mass is 377 g/mol. The van der Waals surface area contributed by atoms with Crippen LogP contribution in [0.15, 0.2) is 48.5 Å². The summed E-state index contributed by atoms with van der Waals surface area (Å²) < 4.78 is 2.07. The number of para-hydroxylation sites is 1. The Labute approximate surface area is 163 Å². The Hall–Kier alpha value is -3.15. The van der Waals surface area contributed by atoms with Gasteiger partial charge in [-0.15, -0.1) is 0 Å². The summed E-state index contributed by atoms with van der Waals surface area (Å²) in [6.45, 7) is 1.95. The Morgan fingerprint density at radius 2 is 1.79 bits per heavy atom. The predicted molar refractivity (Wildman–Crippen MR) is 107 cm³/mol. The fourth-order valence-corrected chi connectivity index (χ4v) is 4.00. The van der Waals surface area contributed by atoms with Gasteiger partial charge in [0, 0.05) is 17.3 Å². The van der Waals surface area contributed by atoms with Crippen molar-refractivity contribution >= 4 is 22.9 Å². The van der Waals surface area contributed by atoms with Gasteiger partial charge < -0.3 is 10.4 Å². The van der Waals surface area contributed by atoms with E-state index in [1.165, 1.54) is 0 Å². The lowest BCUT2D eigenvalue weighted by Gasteiger charge is -2.26. The summed E-state index contributed by atoms with van der Waals surface area (Å²) >= 11 is 0. The van der Waals surface area contributed by atoms with Crippen molar-refractivity contribution in [3.8, 4) is 5.69 Å². The second kappa shape index (κ2) is 7.46. The molecule has 0 bridgehead atoms. The zero-order chi connectivity index (χ0) is 19.7. The van der Waals surface area contributed by atoms with E-state index >= 15 is 0 Å². The maximum atomic E-state index is 12.7. The first-order chi connectivity index (χ1) is 13.5. The van der Waals surface area contributed by atoms with Crippen molar-refractivity contribution < 1.29 is 14.7 Å². The van der Waals surface area contributed by atoms with Gasteiger partial charge in [-0.25, -0.2) is 4.98 Å². The van der Waals surface area contributed by atoms with Crippen LogP contribution in [0.2, 0.25) is 0 Å². The minimum absolute atomic E-state index is 0.0300. The highest BCUT2D eigenvalue weighted by atomic mass is 16.4. The van der Waals surface area contributed by atoms with E-state index in [0.29, 0.717) is 31.2 Å². The molecule has 1 heterocycles. The van der Waals surface area contributed by atoms with E-state index in [-0.39, 0.29) is 17.9 Å². The molecule has 1 fully saturated rings. The fraction of sp³-hybridized carbons (Fsp3) is 0.318. The Bertz CT molecular complexity index is 1020. The molecule has 1 aliphatic rings. The molecular weight excluding hydrogens is 354 g/mol. The lowest BCUT2D eigenvalue weighted by Crippen LogP contribution is -2.38. The molecule has 6 nitrogen and oxygen atoms in total. The van der Waals surface area contributed by atoms with Crippen LogP contribution < -0.4 is 5.32 Å². The third-order valence-electron chi connectivity index (χ3n) is 5.51. The number of aliphatic carboxylic acids is 1. The summed E-state index contributed by atoms with van der Waals surface area (Å²) in [5.41, 5.74) is 3.35. The molecular formula is C22H23N3O3. The first-order valence-corrected chi connectivity index (χ1v) is 9.61. The van der Waals surface area contributed by atoms with Crippen molar-refractivity contribution in [2.75, 3.05) is 0 Å². The number of imidazole rings is 1. The molecule has 0 unspecified atom stereocenters. The molecule has 0 radical (unpaired) electrons. The number of hydrogen-bond acceptors (Lipinski definition) is 3. The molecule has 2 N–H and O–H groups in total. The van der Waals surface area contributed by atoms with Crippen LogP contribution in [0.25, 0.3) is 16.7 Å². The summed E-state index contributed by atoms with van der Waals surface area (Å²) in [4.78, 5) is 28.4. The van der Waals surface area contributed by atoms with Gasteiger partial charge in [0.1, 0.15) is 5.82 Å². The van der Waals surface area contributed by atoms with Crippen molar-refractivity contribution in [3.63, 3.8) is 0 Å². The molecule has 0 aliphatic heterocycles. The number of fused-ring (bicyclic) bond motifs is 1. The Kier molecular flexibility index (Phi) is 4.86. The van der Waals surface area contributed by atoms with Gasteiger partial charge in [-0.1, -0.05) is 18.2 Å². The number of carbonyl (C=O) groups excluding carboxylic acids is 1. The van der Waals surface area contributed by atoms with E-state index in [1.807, 2.05) is 55.5 Å². The van der Waals surface area contributed by atoms with Crippen LogP contribution in [0, 0.1) is 12.8 Å². The molecule has 1 saturated carbocycles. The van der Waals surface area contributed by atoms with Crippen molar-refractivity contribution in [1.29, 1.82) is 0 Å². The maximum absolute atomic E-state index is 12.7. The van der Waals surface area contributed by atoms with Gasteiger partial charge in [-0.05, 0) is 62.9 Å². The van der Waals surface area contributed by atoms with Crippen molar-refractivity contribution in [3.05, 3.63) is 59.9 Å². The lowest BCUT2D eigenvalue weighted by atomic mass is 9.86. The van der Waals surface area contributed by atoms with Gasteiger partial charge in [0.05, 0.1) is 17.0 Å². The SMILES string of the molecule is Cc1nc2cc(C(=O)NC3CCC(C(=O)O)CC3)ccc2n1-c1ccccc1. The molecule has 0 spiro atoms. The number of aromatic nitrogens is 2. The molecule has 6 heteroatoms. The third kappa shape index (κ3) is 3.50. The van der Waals surface area contributed by atoms with Crippen LogP contribution >= 0.6 is 0 Å². The number of aryl methyl sites for hydroxylation is 1. The highest BCUT2D eigenvalue weighted by molar-refractivity contribution is 5.97. The van der Waals surface area contributed by atoms with Crippen molar-refractivity contribution in [2.24, 2.45) is 5.92 Å². The first kappa shape index (κ1) is 18.2. The van der Waals surface area contributed by atoms with Gasteiger partial charge in [-0.3, -0.25) is 14.2 Å². The Morgan fingerprint density at radius 3 is 2.46 bits per heavy atom. The normalized spacial score (nSPS) is 19.5. The highest BCUT2D eigenvalue weighted by Crippen LogP contribution is 2.25. The van der Waals surface area contributed by atoms with Gasteiger partial charge in [-0.2, -0.15) is 0 Å². The number of hydrogen-bond donors (Lipinski definition) is 2. The second-order valence-corrected chi connectivity index (χ2v) is 7.39. The number of carboxylic acid groups (broad SMARTS) is 1.